The van der Waals surface area contributed by atoms with Crippen LogP contribution < -0.4 is 4.74 Å². The largest absolute Gasteiger partial charge is 0.476 e. The molecule has 0 aromatic carbocycles. The Morgan fingerprint density at radius 3 is 2.80 bits per heavy atom. The van der Waals surface area contributed by atoms with E-state index >= 15 is 0 Å². The number of rotatable bonds is 3. The first-order chi connectivity index (χ1) is 9.36. The molecular formula is C12H15ClF3N3O. The maximum absolute atomic E-state index is 12.6. The molecule has 2 heterocycles. The average molecular weight is 310 g/mol. The van der Waals surface area contributed by atoms with Gasteiger partial charge in [0.25, 0.3) is 0 Å². The van der Waals surface area contributed by atoms with E-state index < -0.39 is 17.2 Å². The number of aromatic nitrogens is 2. The van der Waals surface area contributed by atoms with Crippen molar-refractivity contribution in [1.29, 1.82) is 0 Å². The summed E-state index contributed by atoms with van der Waals surface area (Å²) in [6.45, 7) is 1.26. The van der Waals surface area contributed by atoms with E-state index in [1.165, 1.54) is 0 Å². The highest BCUT2D eigenvalue weighted by molar-refractivity contribution is 6.28. The lowest BCUT2D eigenvalue weighted by atomic mass is 10.0. The summed E-state index contributed by atoms with van der Waals surface area (Å²) >= 11 is 5.49. The van der Waals surface area contributed by atoms with Crippen molar-refractivity contribution in [2.45, 2.75) is 31.5 Å². The van der Waals surface area contributed by atoms with Gasteiger partial charge in [-0.05, 0) is 38.0 Å². The number of ether oxygens (including phenoxy) is 1. The zero-order valence-corrected chi connectivity index (χ0v) is 11.7. The van der Waals surface area contributed by atoms with Crippen molar-refractivity contribution < 1.29 is 17.9 Å². The molecule has 0 bridgehead atoms. The van der Waals surface area contributed by atoms with Crippen molar-refractivity contribution in [3.8, 4) is 5.88 Å². The predicted molar refractivity (Wildman–Crippen MR) is 67.8 cm³/mol. The molecule has 4 nitrogen and oxygen atoms in total. The van der Waals surface area contributed by atoms with Crippen LogP contribution >= 0.6 is 11.6 Å². The Hall–Kier alpha value is -1.08. The molecule has 1 aliphatic heterocycles. The van der Waals surface area contributed by atoms with Crippen molar-refractivity contribution in [1.82, 2.24) is 14.9 Å². The fraction of sp³-hybridized carbons (Fsp3) is 0.667. The summed E-state index contributed by atoms with van der Waals surface area (Å²) in [5.41, 5.74) is -1.09. The zero-order chi connectivity index (χ0) is 14.8. The maximum Gasteiger partial charge on any atom is 0.433 e. The van der Waals surface area contributed by atoms with E-state index in [1.807, 2.05) is 7.05 Å². The van der Waals surface area contributed by atoms with Crippen molar-refractivity contribution in [3.63, 3.8) is 0 Å². The molecule has 0 radical (unpaired) electrons. The van der Waals surface area contributed by atoms with Gasteiger partial charge in [0.1, 0.15) is 6.61 Å². The van der Waals surface area contributed by atoms with E-state index in [-0.39, 0.29) is 11.9 Å². The van der Waals surface area contributed by atoms with Gasteiger partial charge < -0.3 is 9.64 Å². The molecular weight excluding hydrogens is 295 g/mol. The molecule has 112 valence electrons. The molecule has 0 saturated carbocycles. The number of hydrogen-bond acceptors (Lipinski definition) is 4. The number of likely N-dealkylation sites (tertiary alicyclic amines) is 1. The summed E-state index contributed by atoms with van der Waals surface area (Å²) in [5.74, 6) is -0.142. The Balaban J connectivity index is 2.04. The third kappa shape index (κ3) is 3.96. The Bertz CT molecular complexity index is 470. The first-order valence-electron chi connectivity index (χ1n) is 6.31. The van der Waals surface area contributed by atoms with Crippen LogP contribution in [-0.4, -0.2) is 41.1 Å². The zero-order valence-electron chi connectivity index (χ0n) is 11.0. The van der Waals surface area contributed by atoms with Crippen LogP contribution in [0.25, 0.3) is 0 Å². The second-order valence-corrected chi connectivity index (χ2v) is 5.14. The van der Waals surface area contributed by atoms with Crippen LogP contribution in [0.4, 0.5) is 13.2 Å². The number of alkyl halides is 3. The third-order valence-electron chi connectivity index (χ3n) is 3.31. The molecule has 20 heavy (non-hydrogen) atoms. The van der Waals surface area contributed by atoms with Crippen LogP contribution in [0.3, 0.4) is 0 Å². The molecule has 1 atom stereocenters. The summed E-state index contributed by atoms with van der Waals surface area (Å²) in [6.07, 6.45) is -1.38. The second kappa shape index (κ2) is 6.13. The van der Waals surface area contributed by atoms with Gasteiger partial charge in [0, 0.05) is 12.1 Å². The van der Waals surface area contributed by atoms with E-state index in [4.69, 9.17) is 16.3 Å². The van der Waals surface area contributed by atoms with Crippen molar-refractivity contribution >= 4 is 11.6 Å². The number of piperidine rings is 1. The lowest BCUT2D eigenvalue weighted by Gasteiger charge is -2.31. The highest BCUT2D eigenvalue weighted by Crippen LogP contribution is 2.30. The molecule has 0 spiro atoms. The SMILES string of the molecule is CN1CCCCC1COc1cc(C(F)(F)F)nc(Cl)n1. The number of halogens is 4. The first kappa shape index (κ1) is 15.3. The van der Waals surface area contributed by atoms with Gasteiger partial charge in [-0.3, -0.25) is 0 Å². The van der Waals surface area contributed by atoms with E-state index in [9.17, 15) is 13.2 Å². The fourth-order valence-corrected chi connectivity index (χ4v) is 2.33. The monoisotopic (exact) mass is 309 g/mol. The fourth-order valence-electron chi connectivity index (χ4n) is 2.15. The van der Waals surface area contributed by atoms with Gasteiger partial charge in [0.05, 0.1) is 0 Å². The highest BCUT2D eigenvalue weighted by atomic mass is 35.5. The summed E-state index contributed by atoms with van der Waals surface area (Å²) < 4.78 is 43.1. The standard InChI is InChI=1S/C12H15ClF3N3O/c1-19-5-3-2-4-8(19)7-20-10-6-9(12(14,15)16)17-11(13)18-10/h6,8H,2-5,7H2,1H3. The average Bonchev–Trinajstić information content (AvgIpc) is 2.36. The van der Waals surface area contributed by atoms with Gasteiger partial charge in [0.2, 0.25) is 11.2 Å². The van der Waals surface area contributed by atoms with E-state index in [1.54, 1.807) is 0 Å². The Labute approximate surface area is 119 Å². The van der Waals surface area contributed by atoms with E-state index in [2.05, 4.69) is 14.9 Å². The summed E-state index contributed by atoms with van der Waals surface area (Å²) in [4.78, 5) is 8.96. The van der Waals surface area contributed by atoms with Crippen LogP contribution in [0.15, 0.2) is 6.07 Å². The maximum atomic E-state index is 12.6. The lowest BCUT2D eigenvalue weighted by Crippen LogP contribution is -2.40. The van der Waals surface area contributed by atoms with Crippen molar-refractivity contribution in [3.05, 3.63) is 17.0 Å². The van der Waals surface area contributed by atoms with E-state index in [0.717, 1.165) is 31.9 Å². The van der Waals surface area contributed by atoms with E-state index in [0.29, 0.717) is 6.61 Å². The topological polar surface area (TPSA) is 38.2 Å². The van der Waals surface area contributed by atoms with Gasteiger partial charge in [0.15, 0.2) is 5.69 Å². The Kier molecular flexibility index (Phi) is 4.70. The highest BCUT2D eigenvalue weighted by Gasteiger charge is 2.34. The molecule has 1 fully saturated rings. The molecule has 1 aliphatic rings. The van der Waals surface area contributed by atoms with Gasteiger partial charge in [-0.2, -0.15) is 18.2 Å². The molecule has 1 saturated heterocycles. The van der Waals surface area contributed by atoms with Crippen LogP contribution in [-0.2, 0) is 6.18 Å². The summed E-state index contributed by atoms with van der Waals surface area (Å²) in [7, 11) is 1.97. The molecule has 0 aliphatic carbocycles. The van der Waals surface area contributed by atoms with Crippen molar-refractivity contribution in [2.75, 3.05) is 20.2 Å². The summed E-state index contributed by atoms with van der Waals surface area (Å²) in [5, 5.41) is -0.466. The molecule has 1 aromatic rings. The third-order valence-corrected chi connectivity index (χ3v) is 3.48. The molecule has 2 rings (SSSR count). The number of likely N-dealkylation sites (N-methyl/N-ethyl adjacent to an activating group) is 1. The minimum atomic E-state index is -4.56. The minimum Gasteiger partial charge on any atom is -0.476 e. The number of hydrogen-bond donors (Lipinski definition) is 0. The van der Waals surface area contributed by atoms with Crippen LogP contribution in [0.5, 0.6) is 5.88 Å². The minimum absolute atomic E-state index is 0.142. The van der Waals surface area contributed by atoms with Crippen molar-refractivity contribution in [2.24, 2.45) is 0 Å². The van der Waals surface area contributed by atoms with Crippen LogP contribution in [0.1, 0.15) is 25.0 Å². The number of nitrogens with zero attached hydrogens (tertiary/aromatic N) is 3. The van der Waals surface area contributed by atoms with Gasteiger partial charge in [-0.1, -0.05) is 6.42 Å². The Morgan fingerprint density at radius 1 is 1.40 bits per heavy atom. The molecule has 1 aromatic heterocycles. The van der Waals surface area contributed by atoms with Gasteiger partial charge in [-0.25, -0.2) is 4.98 Å². The normalized spacial score (nSPS) is 20.9. The summed E-state index contributed by atoms with van der Waals surface area (Å²) in [6, 6.07) is 0.959. The predicted octanol–water partition coefficient (Wildman–Crippen LogP) is 3.01. The molecule has 1 unspecified atom stereocenters. The smallest absolute Gasteiger partial charge is 0.433 e. The molecule has 8 heteroatoms. The molecule has 0 N–H and O–H groups in total. The Morgan fingerprint density at radius 2 is 2.15 bits per heavy atom. The lowest BCUT2D eigenvalue weighted by molar-refractivity contribution is -0.141. The van der Waals surface area contributed by atoms with Gasteiger partial charge in [-0.15, -0.1) is 0 Å². The quantitative estimate of drug-likeness (QED) is 0.805. The van der Waals surface area contributed by atoms with Crippen LogP contribution in [0, 0.1) is 0 Å². The van der Waals surface area contributed by atoms with Crippen LogP contribution in [0.2, 0.25) is 5.28 Å². The second-order valence-electron chi connectivity index (χ2n) is 4.80. The van der Waals surface area contributed by atoms with Gasteiger partial charge >= 0.3 is 6.18 Å². The first-order valence-corrected chi connectivity index (χ1v) is 6.69. The molecule has 0 amide bonds.